The lowest BCUT2D eigenvalue weighted by Crippen LogP contribution is -2.47. The van der Waals surface area contributed by atoms with Crippen molar-refractivity contribution < 1.29 is 9.18 Å². The number of fused-ring (bicyclic) bond motifs is 2. The van der Waals surface area contributed by atoms with Crippen LogP contribution in [0.5, 0.6) is 0 Å². The quantitative estimate of drug-likeness (QED) is 0.417. The lowest BCUT2D eigenvalue weighted by molar-refractivity contribution is 0.0955. The van der Waals surface area contributed by atoms with Gasteiger partial charge in [0.05, 0.1) is 10.4 Å². The highest BCUT2D eigenvalue weighted by molar-refractivity contribution is 7.20. The molecule has 3 heterocycles. The molecular formula is C26H27FN4OS. The predicted octanol–water partition coefficient (Wildman–Crippen LogP) is 4.84. The van der Waals surface area contributed by atoms with Crippen LogP contribution in [0.2, 0.25) is 0 Å². The van der Waals surface area contributed by atoms with E-state index in [0.717, 1.165) is 66.0 Å². The number of aromatic nitrogens is 1. The van der Waals surface area contributed by atoms with E-state index < -0.39 is 0 Å². The molecule has 1 fully saturated rings. The van der Waals surface area contributed by atoms with Crippen molar-refractivity contribution in [2.75, 3.05) is 44.2 Å². The van der Waals surface area contributed by atoms with Gasteiger partial charge >= 0.3 is 0 Å². The summed E-state index contributed by atoms with van der Waals surface area (Å²) < 4.78 is 13.1. The van der Waals surface area contributed by atoms with Crippen LogP contribution in [0.3, 0.4) is 0 Å². The fourth-order valence-electron chi connectivity index (χ4n) is 4.34. The molecule has 0 unspecified atom stereocenters. The smallest absolute Gasteiger partial charge is 0.261 e. The van der Waals surface area contributed by atoms with Crippen LogP contribution >= 0.6 is 11.3 Å². The summed E-state index contributed by atoms with van der Waals surface area (Å²) >= 11 is 1.45. The van der Waals surface area contributed by atoms with Crippen LogP contribution in [0.4, 0.5) is 10.1 Å². The third kappa shape index (κ3) is 4.99. The summed E-state index contributed by atoms with van der Waals surface area (Å²) in [5.41, 5.74) is 3.24. The normalized spacial score (nSPS) is 14.8. The highest BCUT2D eigenvalue weighted by Gasteiger charge is 2.17. The number of benzene rings is 2. The van der Waals surface area contributed by atoms with Crippen LogP contribution in [-0.2, 0) is 0 Å². The van der Waals surface area contributed by atoms with Gasteiger partial charge in [-0.15, -0.1) is 11.3 Å². The van der Waals surface area contributed by atoms with E-state index in [1.54, 1.807) is 0 Å². The Morgan fingerprint density at radius 1 is 1.03 bits per heavy atom. The molecule has 7 heteroatoms. The third-order valence-corrected chi connectivity index (χ3v) is 7.22. The second kappa shape index (κ2) is 9.45. The second-order valence-electron chi connectivity index (χ2n) is 8.60. The van der Waals surface area contributed by atoms with Gasteiger partial charge in [-0.1, -0.05) is 11.6 Å². The minimum atomic E-state index is -0.199. The molecule has 0 bridgehead atoms. The Bertz CT molecular complexity index is 1280. The highest BCUT2D eigenvalue weighted by atomic mass is 32.1. The monoisotopic (exact) mass is 462 g/mol. The van der Waals surface area contributed by atoms with Gasteiger partial charge in [-0.3, -0.25) is 9.69 Å². The average molecular weight is 463 g/mol. The molecule has 1 aliphatic rings. The van der Waals surface area contributed by atoms with Crippen molar-refractivity contribution in [2.24, 2.45) is 0 Å². The molecule has 1 N–H and O–H groups in total. The molecule has 4 aromatic rings. The van der Waals surface area contributed by atoms with Crippen LogP contribution in [-0.4, -0.2) is 55.1 Å². The molecule has 1 aliphatic heterocycles. The summed E-state index contributed by atoms with van der Waals surface area (Å²) in [5, 5.41) is 5.18. The van der Waals surface area contributed by atoms with E-state index in [9.17, 15) is 9.18 Å². The van der Waals surface area contributed by atoms with E-state index in [2.05, 4.69) is 40.2 Å². The number of aryl methyl sites for hydroxylation is 1. The second-order valence-corrected chi connectivity index (χ2v) is 9.63. The van der Waals surface area contributed by atoms with E-state index in [-0.39, 0.29) is 11.7 Å². The van der Waals surface area contributed by atoms with Crippen LogP contribution in [0.15, 0.2) is 54.6 Å². The lowest BCUT2D eigenvalue weighted by atomic mass is 10.1. The molecule has 5 nitrogen and oxygen atoms in total. The minimum absolute atomic E-state index is 0.0284. The number of thiophene rings is 1. The highest BCUT2D eigenvalue weighted by Crippen LogP contribution is 2.28. The topological polar surface area (TPSA) is 48.5 Å². The molecule has 0 aliphatic carbocycles. The number of anilines is 1. The maximum absolute atomic E-state index is 13.1. The Morgan fingerprint density at radius 3 is 2.61 bits per heavy atom. The Hall–Kier alpha value is -3.03. The molecule has 170 valence electrons. The van der Waals surface area contributed by atoms with E-state index in [0.29, 0.717) is 11.4 Å². The molecule has 2 aromatic heterocycles. The lowest BCUT2D eigenvalue weighted by Gasteiger charge is -2.36. The molecule has 0 saturated carbocycles. The number of halogens is 1. The van der Waals surface area contributed by atoms with Crippen molar-refractivity contribution in [3.05, 3.63) is 70.9 Å². The fourth-order valence-corrected chi connectivity index (χ4v) is 5.28. The maximum atomic E-state index is 13.1. The number of amides is 1. The Kier molecular flexibility index (Phi) is 6.24. The first-order valence-corrected chi connectivity index (χ1v) is 12.2. The van der Waals surface area contributed by atoms with Gasteiger partial charge in [0.25, 0.3) is 5.91 Å². The number of carbonyl (C=O) groups is 1. The number of nitrogens with one attached hydrogen (secondary N) is 1. The summed E-state index contributed by atoms with van der Waals surface area (Å²) in [7, 11) is 0. The zero-order chi connectivity index (χ0) is 22.8. The van der Waals surface area contributed by atoms with Crippen molar-refractivity contribution in [3.8, 4) is 0 Å². The van der Waals surface area contributed by atoms with Crippen molar-refractivity contribution in [2.45, 2.75) is 13.3 Å². The van der Waals surface area contributed by atoms with Crippen molar-refractivity contribution in [1.82, 2.24) is 15.2 Å². The standard InChI is InChI=1S/C26H27FN4OS/c1-18-3-8-23-19(15-18)16-20-17-24(33-26(20)29-23)25(32)28-9-2-10-30-11-13-31(14-12-30)22-6-4-21(27)5-7-22/h3-8,15-17H,2,9-14H2,1H3,(H,28,32). The van der Waals surface area contributed by atoms with E-state index in [1.807, 2.05) is 24.3 Å². The number of pyridine rings is 1. The molecule has 5 rings (SSSR count). The molecule has 0 atom stereocenters. The van der Waals surface area contributed by atoms with Gasteiger partial charge in [0.15, 0.2) is 0 Å². The molecule has 1 saturated heterocycles. The Labute approximate surface area is 196 Å². The minimum Gasteiger partial charge on any atom is -0.369 e. The van der Waals surface area contributed by atoms with Gasteiger partial charge < -0.3 is 10.2 Å². The van der Waals surface area contributed by atoms with E-state index >= 15 is 0 Å². The third-order valence-electron chi connectivity index (χ3n) is 6.18. The summed E-state index contributed by atoms with van der Waals surface area (Å²) in [4.78, 5) is 23.7. The summed E-state index contributed by atoms with van der Waals surface area (Å²) in [5.74, 6) is -0.228. The van der Waals surface area contributed by atoms with Gasteiger partial charge in [-0.05, 0) is 68.4 Å². The van der Waals surface area contributed by atoms with Gasteiger partial charge in [-0.2, -0.15) is 0 Å². The van der Waals surface area contributed by atoms with Crippen LogP contribution < -0.4 is 10.2 Å². The zero-order valence-corrected chi connectivity index (χ0v) is 19.5. The van der Waals surface area contributed by atoms with Crippen molar-refractivity contribution in [1.29, 1.82) is 0 Å². The van der Waals surface area contributed by atoms with Gasteiger partial charge in [0, 0.05) is 49.2 Å². The Balaban J connectivity index is 1.10. The molecule has 2 aromatic carbocycles. The first-order chi connectivity index (χ1) is 16.0. The summed E-state index contributed by atoms with van der Waals surface area (Å²) in [6.45, 7) is 7.49. The number of rotatable bonds is 6. The van der Waals surface area contributed by atoms with Crippen LogP contribution in [0.25, 0.3) is 21.1 Å². The molecule has 0 spiro atoms. The number of hydrogen-bond donors (Lipinski definition) is 1. The maximum Gasteiger partial charge on any atom is 0.261 e. The SMILES string of the molecule is Cc1ccc2nc3sc(C(=O)NCCCN4CCN(c5ccc(F)cc5)CC4)cc3cc2c1. The molecule has 1 amide bonds. The largest absolute Gasteiger partial charge is 0.369 e. The molecular weight excluding hydrogens is 435 g/mol. The van der Waals surface area contributed by atoms with E-state index in [4.69, 9.17) is 4.98 Å². The summed E-state index contributed by atoms with van der Waals surface area (Å²) in [6.07, 6.45) is 0.911. The van der Waals surface area contributed by atoms with Crippen LogP contribution in [0.1, 0.15) is 21.7 Å². The predicted molar refractivity (Wildman–Crippen MR) is 134 cm³/mol. The van der Waals surface area contributed by atoms with Crippen LogP contribution in [0, 0.1) is 12.7 Å². The Morgan fingerprint density at radius 2 is 1.82 bits per heavy atom. The number of carbonyl (C=O) groups excluding carboxylic acids is 1. The molecule has 33 heavy (non-hydrogen) atoms. The number of piperazine rings is 1. The summed E-state index contributed by atoms with van der Waals surface area (Å²) in [6, 6.07) is 17.0. The van der Waals surface area contributed by atoms with Gasteiger partial charge in [0.2, 0.25) is 0 Å². The molecule has 0 radical (unpaired) electrons. The zero-order valence-electron chi connectivity index (χ0n) is 18.7. The average Bonchev–Trinajstić information content (AvgIpc) is 3.24. The fraction of sp³-hybridized carbons (Fsp3) is 0.308. The van der Waals surface area contributed by atoms with Crippen molar-refractivity contribution in [3.63, 3.8) is 0 Å². The first kappa shape index (κ1) is 21.8. The number of nitrogens with zero attached hydrogens (tertiary/aromatic N) is 3. The first-order valence-electron chi connectivity index (χ1n) is 11.4. The van der Waals surface area contributed by atoms with Gasteiger partial charge in [-0.25, -0.2) is 9.37 Å². The van der Waals surface area contributed by atoms with Crippen molar-refractivity contribution >= 4 is 44.1 Å². The van der Waals surface area contributed by atoms with Gasteiger partial charge in [0.1, 0.15) is 10.6 Å². The van der Waals surface area contributed by atoms with E-state index in [1.165, 1.54) is 29.0 Å². The number of hydrogen-bond acceptors (Lipinski definition) is 5.